The second-order valence-electron chi connectivity index (χ2n) is 3.48. The molecule has 3 nitrogen and oxygen atoms in total. The first-order valence-corrected chi connectivity index (χ1v) is 5.38. The molecule has 0 aliphatic carbocycles. The lowest BCUT2D eigenvalue weighted by Gasteiger charge is -2.10. The Hall–Kier alpha value is -1.42. The van der Waals surface area contributed by atoms with Crippen LogP contribution in [0.4, 0.5) is 4.39 Å². The Labute approximate surface area is 97.9 Å². The standard InChI is InChI=1S/C11H11ClFN3/c1-3-9-14-15-11(12)16(9)10-7(2)5-4-6-8(10)13/h4-6H,3H2,1-2H3. The highest BCUT2D eigenvalue weighted by atomic mass is 35.5. The van der Waals surface area contributed by atoms with E-state index >= 15 is 0 Å². The maximum atomic E-state index is 13.8. The van der Waals surface area contributed by atoms with Gasteiger partial charge < -0.3 is 0 Å². The van der Waals surface area contributed by atoms with Crippen molar-refractivity contribution in [2.45, 2.75) is 20.3 Å². The molecule has 1 aromatic heterocycles. The molecular weight excluding hydrogens is 229 g/mol. The Bertz CT molecular complexity index is 502. The van der Waals surface area contributed by atoms with Crippen molar-refractivity contribution in [1.29, 1.82) is 0 Å². The van der Waals surface area contributed by atoms with Gasteiger partial charge in [0, 0.05) is 6.42 Å². The zero-order valence-electron chi connectivity index (χ0n) is 9.04. The number of hydrogen-bond acceptors (Lipinski definition) is 2. The highest BCUT2D eigenvalue weighted by Crippen LogP contribution is 2.23. The third kappa shape index (κ3) is 1.69. The number of halogens is 2. The Morgan fingerprint density at radius 1 is 1.38 bits per heavy atom. The molecule has 2 aromatic rings. The van der Waals surface area contributed by atoms with E-state index in [2.05, 4.69) is 10.2 Å². The molecule has 0 fully saturated rings. The van der Waals surface area contributed by atoms with Crippen molar-refractivity contribution in [2.24, 2.45) is 0 Å². The second kappa shape index (κ2) is 4.22. The van der Waals surface area contributed by atoms with Crippen LogP contribution in [0.2, 0.25) is 5.28 Å². The summed E-state index contributed by atoms with van der Waals surface area (Å²) in [6.07, 6.45) is 0.646. The lowest BCUT2D eigenvalue weighted by molar-refractivity contribution is 0.613. The summed E-state index contributed by atoms with van der Waals surface area (Å²) in [5.41, 5.74) is 1.23. The van der Waals surface area contributed by atoms with Crippen LogP contribution in [-0.4, -0.2) is 14.8 Å². The molecule has 0 N–H and O–H groups in total. The van der Waals surface area contributed by atoms with E-state index in [0.717, 1.165) is 5.56 Å². The van der Waals surface area contributed by atoms with Crippen LogP contribution in [0.25, 0.3) is 5.69 Å². The molecule has 0 saturated carbocycles. The fourth-order valence-electron chi connectivity index (χ4n) is 1.65. The summed E-state index contributed by atoms with van der Waals surface area (Å²) in [5, 5.41) is 7.85. The summed E-state index contributed by atoms with van der Waals surface area (Å²) in [6, 6.07) is 4.89. The van der Waals surface area contributed by atoms with Gasteiger partial charge in [-0.1, -0.05) is 19.1 Å². The van der Waals surface area contributed by atoms with E-state index in [-0.39, 0.29) is 11.1 Å². The molecule has 1 heterocycles. The van der Waals surface area contributed by atoms with Gasteiger partial charge in [-0.25, -0.2) is 4.39 Å². The van der Waals surface area contributed by atoms with Crippen LogP contribution >= 0.6 is 11.6 Å². The van der Waals surface area contributed by atoms with Gasteiger partial charge >= 0.3 is 0 Å². The van der Waals surface area contributed by atoms with Crippen molar-refractivity contribution in [1.82, 2.24) is 14.8 Å². The minimum atomic E-state index is -0.323. The largest absolute Gasteiger partial charge is 0.266 e. The third-order valence-corrected chi connectivity index (χ3v) is 2.66. The Morgan fingerprint density at radius 3 is 2.75 bits per heavy atom. The van der Waals surface area contributed by atoms with Gasteiger partial charge in [0.25, 0.3) is 0 Å². The molecule has 16 heavy (non-hydrogen) atoms. The van der Waals surface area contributed by atoms with Gasteiger partial charge in [0.2, 0.25) is 5.28 Å². The van der Waals surface area contributed by atoms with Gasteiger partial charge in [0.15, 0.2) is 0 Å². The fraction of sp³-hybridized carbons (Fsp3) is 0.273. The molecule has 0 aliphatic heterocycles. The first-order valence-electron chi connectivity index (χ1n) is 5.00. The number of hydrogen-bond donors (Lipinski definition) is 0. The molecule has 84 valence electrons. The summed E-state index contributed by atoms with van der Waals surface area (Å²) in [5.74, 6) is 0.328. The molecule has 0 unspecified atom stereocenters. The van der Waals surface area contributed by atoms with Crippen LogP contribution in [0.5, 0.6) is 0 Å². The maximum Gasteiger partial charge on any atom is 0.229 e. The topological polar surface area (TPSA) is 30.7 Å². The molecule has 0 spiro atoms. The molecule has 5 heteroatoms. The predicted molar refractivity (Wildman–Crippen MR) is 60.4 cm³/mol. The van der Waals surface area contributed by atoms with Gasteiger partial charge in [-0.3, -0.25) is 4.57 Å². The van der Waals surface area contributed by atoms with E-state index in [9.17, 15) is 4.39 Å². The zero-order valence-corrected chi connectivity index (χ0v) is 9.79. The van der Waals surface area contributed by atoms with Crippen molar-refractivity contribution in [3.05, 3.63) is 40.7 Å². The molecule has 0 amide bonds. The second-order valence-corrected chi connectivity index (χ2v) is 3.82. The Balaban J connectivity index is 2.71. The lowest BCUT2D eigenvalue weighted by atomic mass is 10.2. The minimum Gasteiger partial charge on any atom is -0.266 e. The van der Waals surface area contributed by atoms with Gasteiger partial charge in [-0.05, 0) is 30.2 Å². The number of rotatable bonds is 2. The van der Waals surface area contributed by atoms with E-state index < -0.39 is 0 Å². The number of para-hydroxylation sites is 1. The molecule has 0 radical (unpaired) electrons. The normalized spacial score (nSPS) is 10.8. The summed E-state index contributed by atoms with van der Waals surface area (Å²) < 4.78 is 15.3. The van der Waals surface area contributed by atoms with Crippen LogP contribution < -0.4 is 0 Å². The van der Waals surface area contributed by atoms with Crippen LogP contribution in [0.3, 0.4) is 0 Å². The highest BCUT2D eigenvalue weighted by Gasteiger charge is 2.15. The van der Waals surface area contributed by atoms with Crippen molar-refractivity contribution < 1.29 is 4.39 Å². The van der Waals surface area contributed by atoms with Crippen LogP contribution in [-0.2, 0) is 6.42 Å². The van der Waals surface area contributed by atoms with Crippen LogP contribution in [0.1, 0.15) is 18.3 Å². The van der Waals surface area contributed by atoms with Crippen LogP contribution in [0, 0.1) is 12.7 Å². The average molecular weight is 240 g/mol. The van der Waals surface area contributed by atoms with E-state index in [1.807, 2.05) is 19.9 Å². The zero-order chi connectivity index (χ0) is 11.7. The lowest BCUT2D eigenvalue weighted by Crippen LogP contribution is -2.05. The van der Waals surface area contributed by atoms with E-state index in [4.69, 9.17) is 11.6 Å². The first kappa shape index (κ1) is 11.1. The summed E-state index contributed by atoms with van der Waals surface area (Å²) in [4.78, 5) is 0. The Morgan fingerprint density at radius 2 is 2.12 bits per heavy atom. The van der Waals surface area contributed by atoms with Gasteiger partial charge in [0.05, 0.1) is 5.69 Å². The van der Waals surface area contributed by atoms with Gasteiger partial charge in [-0.2, -0.15) is 0 Å². The van der Waals surface area contributed by atoms with E-state index in [0.29, 0.717) is 17.9 Å². The summed E-state index contributed by atoms with van der Waals surface area (Å²) in [7, 11) is 0. The monoisotopic (exact) mass is 239 g/mol. The first-order chi connectivity index (χ1) is 7.65. The minimum absolute atomic E-state index is 0.185. The van der Waals surface area contributed by atoms with Crippen molar-refractivity contribution >= 4 is 11.6 Å². The number of benzene rings is 1. The van der Waals surface area contributed by atoms with Crippen LogP contribution in [0.15, 0.2) is 18.2 Å². The molecule has 0 aliphatic rings. The predicted octanol–water partition coefficient (Wildman–Crippen LogP) is 2.93. The smallest absolute Gasteiger partial charge is 0.229 e. The summed E-state index contributed by atoms with van der Waals surface area (Å²) in [6.45, 7) is 3.75. The summed E-state index contributed by atoms with van der Waals surface area (Å²) >= 11 is 5.92. The molecule has 2 rings (SSSR count). The van der Waals surface area contributed by atoms with Crippen molar-refractivity contribution in [2.75, 3.05) is 0 Å². The molecular formula is C11H11ClFN3. The number of nitrogens with zero attached hydrogens (tertiary/aromatic N) is 3. The number of aromatic nitrogens is 3. The molecule has 1 aromatic carbocycles. The highest BCUT2D eigenvalue weighted by molar-refractivity contribution is 6.28. The molecule has 0 bridgehead atoms. The SMILES string of the molecule is CCc1nnc(Cl)n1-c1c(C)cccc1F. The third-order valence-electron chi connectivity index (χ3n) is 2.42. The Kier molecular flexibility index (Phi) is 2.92. The average Bonchev–Trinajstić information content (AvgIpc) is 2.60. The van der Waals surface area contributed by atoms with Gasteiger partial charge in [-0.15, -0.1) is 10.2 Å². The maximum absolute atomic E-state index is 13.8. The van der Waals surface area contributed by atoms with Crippen molar-refractivity contribution in [3.8, 4) is 5.69 Å². The quantitative estimate of drug-likeness (QED) is 0.807. The molecule has 0 atom stereocenters. The molecule has 0 saturated heterocycles. The van der Waals surface area contributed by atoms with E-state index in [1.165, 1.54) is 6.07 Å². The van der Waals surface area contributed by atoms with E-state index in [1.54, 1.807) is 10.6 Å². The van der Waals surface area contributed by atoms with Gasteiger partial charge in [0.1, 0.15) is 11.6 Å². The van der Waals surface area contributed by atoms with Crippen molar-refractivity contribution in [3.63, 3.8) is 0 Å². The fourth-order valence-corrected chi connectivity index (χ4v) is 1.87. The number of aryl methyl sites for hydroxylation is 2.